The van der Waals surface area contributed by atoms with Crippen LogP contribution in [0.25, 0.3) is 0 Å². The third-order valence-electron chi connectivity index (χ3n) is 6.81. The van der Waals surface area contributed by atoms with E-state index in [2.05, 4.69) is 43.5 Å². The predicted molar refractivity (Wildman–Crippen MR) is 139 cm³/mol. The second-order valence-corrected chi connectivity index (χ2v) is 10.9. The maximum Gasteiger partial charge on any atom is 0.341 e. The van der Waals surface area contributed by atoms with Gasteiger partial charge in [0.25, 0.3) is 0 Å². The second-order valence-electron chi connectivity index (χ2n) is 9.33. The lowest BCUT2D eigenvalue weighted by atomic mass is 9.69. The third-order valence-corrected chi connectivity index (χ3v) is 8.08. The van der Waals surface area contributed by atoms with Crippen molar-refractivity contribution < 1.29 is 9.53 Å². The van der Waals surface area contributed by atoms with E-state index in [0.717, 1.165) is 35.1 Å². The number of carbonyl (C=O) groups is 1. The van der Waals surface area contributed by atoms with Crippen molar-refractivity contribution in [2.45, 2.75) is 72.3 Å². The SMILES string of the molecule is CCOC(=O)c1cc(Cc2ccccc2)sc1NC(=S)NC1CCC(C(C)(C)CC)CC1. The average Bonchev–Trinajstić information content (AvgIpc) is 3.17. The predicted octanol–water partition coefficient (Wildman–Crippen LogP) is 6.80. The largest absolute Gasteiger partial charge is 0.462 e. The first kappa shape index (κ1) is 24.7. The molecular weight excluding hydrogens is 436 g/mol. The van der Waals surface area contributed by atoms with E-state index >= 15 is 0 Å². The molecule has 0 radical (unpaired) electrons. The lowest BCUT2D eigenvalue weighted by molar-refractivity contribution is 0.0528. The maximum atomic E-state index is 12.5. The normalized spacial score (nSPS) is 18.8. The summed E-state index contributed by atoms with van der Waals surface area (Å²) < 4.78 is 5.28. The lowest BCUT2D eigenvalue weighted by Gasteiger charge is -2.39. The highest BCUT2D eigenvalue weighted by molar-refractivity contribution is 7.80. The van der Waals surface area contributed by atoms with Crippen LogP contribution in [-0.2, 0) is 11.2 Å². The molecule has 174 valence electrons. The Morgan fingerprint density at radius 1 is 1.16 bits per heavy atom. The van der Waals surface area contributed by atoms with Crippen LogP contribution in [0.4, 0.5) is 5.00 Å². The summed E-state index contributed by atoms with van der Waals surface area (Å²) in [5.74, 6) is 0.469. The Hall–Kier alpha value is -1.92. The van der Waals surface area contributed by atoms with Gasteiger partial charge in [0.05, 0.1) is 12.2 Å². The van der Waals surface area contributed by atoms with Gasteiger partial charge in [-0.2, -0.15) is 0 Å². The molecule has 2 aromatic rings. The molecule has 0 atom stereocenters. The number of ether oxygens (including phenoxy) is 1. The molecule has 4 nitrogen and oxygen atoms in total. The molecule has 1 heterocycles. The van der Waals surface area contributed by atoms with Gasteiger partial charge in [-0.3, -0.25) is 0 Å². The van der Waals surface area contributed by atoms with E-state index in [1.54, 1.807) is 11.3 Å². The zero-order valence-electron chi connectivity index (χ0n) is 19.7. The van der Waals surface area contributed by atoms with Gasteiger partial charge < -0.3 is 15.4 Å². The number of esters is 1. The lowest BCUT2D eigenvalue weighted by Crippen LogP contribution is -2.41. The van der Waals surface area contributed by atoms with Crippen molar-refractivity contribution in [2.24, 2.45) is 11.3 Å². The average molecular weight is 473 g/mol. The number of benzene rings is 1. The van der Waals surface area contributed by atoms with Crippen molar-refractivity contribution in [3.63, 3.8) is 0 Å². The van der Waals surface area contributed by atoms with Crippen molar-refractivity contribution in [1.82, 2.24) is 5.32 Å². The number of nitrogens with one attached hydrogen (secondary N) is 2. The highest BCUT2D eigenvalue weighted by Gasteiger charge is 2.32. The van der Waals surface area contributed by atoms with E-state index in [4.69, 9.17) is 17.0 Å². The van der Waals surface area contributed by atoms with E-state index in [1.165, 1.54) is 24.8 Å². The number of carbonyl (C=O) groups excluding carboxylic acids is 1. The van der Waals surface area contributed by atoms with Gasteiger partial charge >= 0.3 is 5.97 Å². The highest BCUT2D eigenvalue weighted by atomic mass is 32.1. The molecule has 32 heavy (non-hydrogen) atoms. The van der Waals surface area contributed by atoms with Crippen LogP contribution >= 0.6 is 23.6 Å². The topological polar surface area (TPSA) is 50.4 Å². The standard InChI is InChI=1S/C26H36N2O2S2/c1-5-26(3,4)19-12-14-20(15-13-19)27-25(31)28-23-22(24(29)30-6-2)17-21(32-23)16-18-10-8-7-9-11-18/h7-11,17,19-20H,5-6,12-16H2,1-4H3,(H2,27,28,31). The molecule has 1 fully saturated rings. The van der Waals surface area contributed by atoms with Crippen molar-refractivity contribution in [3.8, 4) is 0 Å². The summed E-state index contributed by atoms with van der Waals surface area (Å²) in [6.45, 7) is 9.24. The Morgan fingerprint density at radius 2 is 1.84 bits per heavy atom. The summed E-state index contributed by atoms with van der Waals surface area (Å²) in [6.07, 6.45) is 6.71. The van der Waals surface area contributed by atoms with Crippen LogP contribution in [-0.4, -0.2) is 23.7 Å². The molecule has 1 aromatic heterocycles. The summed E-state index contributed by atoms with van der Waals surface area (Å²) in [6, 6.07) is 12.6. The zero-order chi connectivity index (χ0) is 23.1. The molecule has 3 rings (SSSR count). The number of rotatable bonds is 8. The summed E-state index contributed by atoms with van der Waals surface area (Å²) >= 11 is 7.19. The van der Waals surface area contributed by atoms with Crippen molar-refractivity contribution in [2.75, 3.05) is 11.9 Å². The first-order valence-corrected chi connectivity index (χ1v) is 13.0. The summed E-state index contributed by atoms with van der Waals surface area (Å²) in [5.41, 5.74) is 2.17. The van der Waals surface area contributed by atoms with Crippen LogP contribution in [0.15, 0.2) is 36.4 Å². The summed E-state index contributed by atoms with van der Waals surface area (Å²) in [4.78, 5) is 13.6. The smallest absolute Gasteiger partial charge is 0.341 e. The van der Waals surface area contributed by atoms with Gasteiger partial charge in [-0.1, -0.05) is 57.5 Å². The van der Waals surface area contributed by atoms with Crippen LogP contribution in [0.5, 0.6) is 0 Å². The minimum atomic E-state index is -0.310. The van der Waals surface area contributed by atoms with Crippen LogP contribution in [0.3, 0.4) is 0 Å². The van der Waals surface area contributed by atoms with Gasteiger partial charge in [0, 0.05) is 17.3 Å². The van der Waals surface area contributed by atoms with Crippen molar-refractivity contribution in [1.29, 1.82) is 0 Å². The molecule has 1 aliphatic rings. The first-order valence-electron chi connectivity index (χ1n) is 11.7. The monoisotopic (exact) mass is 472 g/mol. The molecule has 1 aliphatic carbocycles. The molecule has 0 aliphatic heterocycles. The second kappa shape index (κ2) is 11.3. The number of thiocarbonyl (C=S) groups is 1. The van der Waals surface area contributed by atoms with Crippen LogP contribution in [0, 0.1) is 11.3 Å². The van der Waals surface area contributed by atoms with Gasteiger partial charge in [-0.15, -0.1) is 11.3 Å². The van der Waals surface area contributed by atoms with Gasteiger partial charge in [0.1, 0.15) is 5.00 Å². The van der Waals surface area contributed by atoms with Crippen molar-refractivity contribution >= 4 is 39.6 Å². The molecule has 1 aromatic carbocycles. The van der Waals surface area contributed by atoms with Gasteiger partial charge in [0.2, 0.25) is 0 Å². The number of hydrogen-bond donors (Lipinski definition) is 2. The van der Waals surface area contributed by atoms with Gasteiger partial charge in [-0.25, -0.2) is 4.79 Å². The fourth-order valence-electron chi connectivity index (χ4n) is 4.41. The molecule has 2 N–H and O–H groups in total. The molecule has 6 heteroatoms. The molecule has 0 saturated heterocycles. The quantitative estimate of drug-likeness (QED) is 0.327. The Kier molecular flexibility index (Phi) is 8.72. The molecule has 0 amide bonds. The first-order chi connectivity index (χ1) is 15.3. The maximum absolute atomic E-state index is 12.5. The summed E-state index contributed by atoms with van der Waals surface area (Å²) in [7, 11) is 0. The highest BCUT2D eigenvalue weighted by Crippen LogP contribution is 2.40. The number of hydrogen-bond acceptors (Lipinski definition) is 4. The zero-order valence-corrected chi connectivity index (χ0v) is 21.3. The molecule has 0 unspecified atom stereocenters. The van der Waals surface area contributed by atoms with Gasteiger partial charge in [-0.05, 0) is 67.8 Å². The Balaban J connectivity index is 1.63. The van der Waals surface area contributed by atoms with E-state index in [0.29, 0.717) is 28.7 Å². The molecule has 0 spiro atoms. The minimum absolute atomic E-state index is 0.310. The van der Waals surface area contributed by atoms with Crippen LogP contribution in [0.2, 0.25) is 0 Å². The van der Waals surface area contributed by atoms with Crippen LogP contribution in [0.1, 0.15) is 80.6 Å². The van der Waals surface area contributed by atoms with Gasteiger partial charge in [0.15, 0.2) is 5.11 Å². The Morgan fingerprint density at radius 3 is 2.47 bits per heavy atom. The fraction of sp³-hybridized carbons (Fsp3) is 0.538. The molecule has 0 bridgehead atoms. The third kappa shape index (κ3) is 6.55. The van der Waals surface area contributed by atoms with E-state index < -0.39 is 0 Å². The number of anilines is 1. The minimum Gasteiger partial charge on any atom is -0.462 e. The van der Waals surface area contributed by atoms with E-state index in [-0.39, 0.29) is 5.97 Å². The fourth-order valence-corrected chi connectivity index (χ4v) is 5.83. The molecular formula is C26H36N2O2S2. The Labute approximate surface area is 202 Å². The Bertz CT molecular complexity index is 900. The molecule has 1 saturated carbocycles. The van der Waals surface area contributed by atoms with Crippen LogP contribution < -0.4 is 10.6 Å². The van der Waals surface area contributed by atoms with E-state index in [9.17, 15) is 4.79 Å². The van der Waals surface area contributed by atoms with Crippen molar-refractivity contribution in [3.05, 3.63) is 52.4 Å². The van der Waals surface area contributed by atoms with E-state index in [1.807, 2.05) is 31.2 Å². The summed E-state index contributed by atoms with van der Waals surface area (Å²) in [5, 5.41) is 8.13. The number of thiophene rings is 1.